The van der Waals surface area contributed by atoms with Crippen molar-refractivity contribution in [3.8, 4) is 17.2 Å². The molecule has 2 N–H and O–H groups in total. The van der Waals surface area contributed by atoms with Crippen LogP contribution in [0.5, 0.6) is 17.2 Å². The van der Waals surface area contributed by atoms with E-state index in [0.29, 0.717) is 22.6 Å². The number of rotatable bonds is 9. The molecule has 0 atom stereocenters. The second-order valence-electron chi connectivity index (χ2n) is 6.87. The zero-order valence-corrected chi connectivity index (χ0v) is 19.7. The highest BCUT2D eigenvalue weighted by Crippen LogP contribution is 2.34. The molecule has 0 saturated heterocycles. The fourth-order valence-corrected chi connectivity index (χ4v) is 3.51. The number of nitrogens with one attached hydrogen (secondary N) is 1. The maximum atomic E-state index is 12.3. The van der Waals surface area contributed by atoms with Crippen molar-refractivity contribution in [3.63, 3.8) is 0 Å². The average Bonchev–Trinajstić information content (AvgIpc) is 2.83. The lowest BCUT2D eigenvalue weighted by atomic mass is 10.1. The third-order valence-electron chi connectivity index (χ3n) is 4.63. The Balaban J connectivity index is 1.63. The molecule has 3 aromatic carbocycles. The summed E-state index contributed by atoms with van der Waals surface area (Å²) in [5.74, 6) is -0.242. The second-order valence-corrected chi connectivity index (χ2v) is 7.69. The van der Waals surface area contributed by atoms with Crippen molar-refractivity contribution >= 4 is 41.3 Å². The number of hydrogen-bond acceptors (Lipinski definition) is 6. The Hall–Kier alpha value is -3.75. The number of carbonyl (C=O) groups is 2. The average molecular weight is 503 g/mol. The molecule has 0 fully saturated rings. The zero-order valence-electron chi connectivity index (χ0n) is 18.2. The number of carbonyl (C=O) groups excluding carboxylic acids is 1. The molecule has 3 aromatic rings. The van der Waals surface area contributed by atoms with Crippen LogP contribution in [0.15, 0.2) is 59.7 Å². The monoisotopic (exact) mass is 502 g/mol. The van der Waals surface area contributed by atoms with Crippen LogP contribution in [0.25, 0.3) is 0 Å². The van der Waals surface area contributed by atoms with E-state index < -0.39 is 11.9 Å². The summed E-state index contributed by atoms with van der Waals surface area (Å²) >= 11 is 12.6. The highest BCUT2D eigenvalue weighted by molar-refractivity contribution is 6.37. The van der Waals surface area contributed by atoms with Crippen LogP contribution in [-0.4, -0.2) is 37.4 Å². The molecule has 0 heterocycles. The number of benzene rings is 3. The van der Waals surface area contributed by atoms with Crippen LogP contribution >= 0.6 is 23.2 Å². The summed E-state index contributed by atoms with van der Waals surface area (Å²) in [6, 6.07) is 14.2. The lowest BCUT2D eigenvalue weighted by Gasteiger charge is -2.11. The molecule has 8 nitrogen and oxygen atoms in total. The molecule has 3 rings (SSSR count). The predicted octanol–water partition coefficient (Wildman–Crippen LogP) is 5.05. The Bertz CT molecular complexity index is 1210. The van der Waals surface area contributed by atoms with Gasteiger partial charge < -0.3 is 19.3 Å². The largest absolute Gasteiger partial charge is 0.493 e. The molecule has 0 spiro atoms. The normalized spacial score (nSPS) is 10.7. The topological polar surface area (TPSA) is 106 Å². The van der Waals surface area contributed by atoms with Gasteiger partial charge in [-0.2, -0.15) is 5.10 Å². The highest BCUT2D eigenvalue weighted by atomic mass is 35.5. The number of methoxy groups -OCH3 is 2. The van der Waals surface area contributed by atoms with Crippen LogP contribution in [0.4, 0.5) is 0 Å². The SMILES string of the molecule is COc1ccc(C(=O)N/N=C/c2cc(Cl)c(OCc3ccc(C(=O)O)cc3)c(Cl)c2)cc1OC. The van der Waals surface area contributed by atoms with Gasteiger partial charge in [0.2, 0.25) is 0 Å². The van der Waals surface area contributed by atoms with Gasteiger partial charge in [0.1, 0.15) is 6.61 Å². The number of hydrogen-bond donors (Lipinski definition) is 2. The molecule has 0 aromatic heterocycles. The third-order valence-corrected chi connectivity index (χ3v) is 5.19. The summed E-state index contributed by atoms with van der Waals surface area (Å²) in [5.41, 5.74) is 4.24. The van der Waals surface area contributed by atoms with Gasteiger partial charge in [0.15, 0.2) is 17.2 Å². The molecular weight excluding hydrogens is 483 g/mol. The van der Waals surface area contributed by atoms with Gasteiger partial charge in [-0.05, 0) is 53.6 Å². The maximum Gasteiger partial charge on any atom is 0.335 e. The van der Waals surface area contributed by atoms with Crippen molar-refractivity contribution in [2.45, 2.75) is 6.61 Å². The van der Waals surface area contributed by atoms with Crippen LogP contribution in [0, 0.1) is 0 Å². The summed E-state index contributed by atoms with van der Waals surface area (Å²) < 4.78 is 16.1. The molecule has 0 saturated carbocycles. The van der Waals surface area contributed by atoms with Crippen molar-refractivity contribution in [2.24, 2.45) is 5.10 Å². The fraction of sp³-hybridized carbons (Fsp3) is 0.125. The number of carboxylic acid groups (broad SMARTS) is 1. The summed E-state index contributed by atoms with van der Waals surface area (Å²) in [6.07, 6.45) is 1.39. The molecule has 0 aliphatic rings. The molecule has 0 aliphatic heterocycles. The molecule has 34 heavy (non-hydrogen) atoms. The van der Waals surface area contributed by atoms with Crippen LogP contribution < -0.4 is 19.6 Å². The number of hydrazone groups is 1. The molecule has 0 aliphatic carbocycles. The molecule has 0 bridgehead atoms. The molecule has 176 valence electrons. The van der Waals surface area contributed by atoms with E-state index in [9.17, 15) is 9.59 Å². The van der Waals surface area contributed by atoms with Crippen LogP contribution in [-0.2, 0) is 6.61 Å². The Morgan fingerprint density at radius 1 is 0.941 bits per heavy atom. The minimum absolute atomic E-state index is 0.147. The minimum Gasteiger partial charge on any atom is -0.493 e. The minimum atomic E-state index is -1.00. The van der Waals surface area contributed by atoms with E-state index in [1.165, 1.54) is 32.6 Å². The van der Waals surface area contributed by atoms with E-state index in [1.54, 1.807) is 42.5 Å². The predicted molar refractivity (Wildman–Crippen MR) is 129 cm³/mol. The van der Waals surface area contributed by atoms with Crippen LogP contribution in [0.2, 0.25) is 10.0 Å². The van der Waals surface area contributed by atoms with Crippen molar-refractivity contribution < 1.29 is 28.9 Å². The van der Waals surface area contributed by atoms with Crippen LogP contribution in [0.3, 0.4) is 0 Å². The van der Waals surface area contributed by atoms with Gasteiger partial charge in [0, 0.05) is 5.56 Å². The quantitative estimate of drug-likeness (QED) is 0.313. The van der Waals surface area contributed by atoms with E-state index in [0.717, 1.165) is 5.56 Å². The lowest BCUT2D eigenvalue weighted by Crippen LogP contribution is -2.17. The first kappa shape index (κ1) is 24.9. The first-order valence-electron chi connectivity index (χ1n) is 9.82. The fourth-order valence-electron chi connectivity index (χ4n) is 2.90. The van der Waals surface area contributed by atoms with Gasteiger partial charge in [-0.3, -0.25) is 4.79 Å². The lowest BCUT2D eigenvalue weighted by molar-refractivity contribution is 0.0696. The molecular formula is C24H20Cl2N2O6. The van der Waals surface area contributed by atoms with E-state index in [1.807, 2.05) is 0 Å². The van der Waals surface area contributed by atoms with E-state index in [4.69, 9.17) is 42.5 Å². The Labute approximate surface area is 205 Å². The molecule has 1 amide bonds. The summed E-state index contributed by atoms with van der Waals surface area (Å²) in [7, 11) is 2.99. The van der Waals surface area contributed by atoms with Crippen molar-refractivity contribution in [1.82, 2.24) is 5.43 Å². The van der Waals surface area contributed by atoms with Crippen LogP contribution in [0.1, 0.15) is 31.8 Å². The van der Waals surface area contributed by atoms with Crippen molar-refractivity contribution in [3.05, 3.63) is 86.9 Å². The van der Waals surface area contributed by atoms with E-state index in [-0.39, 0.29) is 28.0 Å². The van der Waals surface area contributed by atoms with Gasteiger partial charge in [0.05, 0.1) is 36.0 Å². The Kier molecular flexibility index (Phi) is 8.34. The number of amides is 1. The standard InChI is InChI=1S/C24H20Cl2N2O6/c1-32-20-8-7-17(11-21(20)33-2)23(29)28-27-12-15-9-18(25)22(19(26)10-15)34-13-14-3-5-16(6-4-14)24(30)31/h3-12H,13H2,1-2H3,(H,28,29)(H,30,31)/b27-12+. The Morgan fingerprint density at radius 3 is 2.15 bits per heavy atom. The Morgan fingerprint density at radius 2 is 1.56 bits per heavy atom. The van der Waals surface area contributed by atoms with Gasteiger partial charge >= 0.3 is 5.97 Å². The molecule has 10 heteroatoms. The number of nitrogens with zero attached hydrogens (tertiary/aromatic N) is 1. The number of halogens is 2. The van der Waals surface area contributed by atoms with Gasteiger partial charge in [-0.15, -0.1) is 0 Å². The van der Waals surface area contributed by atoms with Gasteiger partial charge in [0.25, 0.3) is 5.91 Å². The first-order valence-corrected chi connectivity index (χ1v) is 10.6. The van der Waals surface area contributed by atoms with Gasteiger partial charge in [-0.25, -0.2) is 10.2 Å². The molecule has 0 unspecified atom stereocenters. The van der Waals surface area contributed by atoms with E-state index >= 15 is 0 Å². The summed E-state index contributed by atoms with van der Waals surface area (Å²) in [5, 5.41) is 13.4. The number of carboxylic acids is 1. The smallest absolute Gasteiger partial charge is 0.335 e. The maximum absolute atomic E-state index is 12.3. The number of ether oxygens (including phenoxy) is 3. The van der Waals surface area contributed by atoms with Crippen molar-refractivity contribution in [1.29, 1.82) is 0 Å². The van der Waals surface area contributed by atoms with Crippen molar-refractivity contribution in [2.75, 3.05) is 14.2 Å². The zero-order chi connectivity index (χ0) is 24.7. The molecule has 0 radical (unpaired) electrons. The highest BCUT2D eigenvalue weighted by Gasteiger charge is 2.12. The van der Waals surface area contributed by atoms with E-state index in [2.05, 4.69) is 10.5 Å². The number of aromatic carboxylic acids is 1. The second kappa shape index (κ2) is 11.4. The van der Waals surface area contributed by atoms with Gasteiger partial charge in [-0.1, -0.05) is 35.3 Å². The first-order chi connectivity index (χ1) is 16.3. The summed E-state index contributed by atoms with van der Waals surface area (Å²) in [6.45, 7) is 0.147. The third kappa shape index (κ3) is 6.18. The summed E-state index contributed by atoms with van der Waals surface area (Å²) in [4.78, 5) is 23.3.